The van der Waals surface area contributed by atoms with E-state index >= 15 is 0 Å². The zero-order valence-electron chi connectivity index (χ0n) is 17.0. The van der Waals surface area contributed by atoms with Crippen LogP contribution in [0, 0.1) is 11.6 Å². The number of alkyl halides is 3. The third-order valence-electron chi connectivity index (χ3n) is 6.15. The van der Waals surface area contributed by atoms with Crippen LogP contribution in [0.4, 0.5) is 27.6 Å². The molecule has 3 atom stereocenters. The molecule has 0 fully saturated rings. The van der Waals surface area contributed by atoms with Gasteiger partial charge in [-0.1, -0.05) is 18.5 Å². The first-order chi connectivity index (χ1) is 15.4. The van der Waals surface area contributed by atoms with Crippen LogP contribution >= 0.6 is 11.6 Å². The van der Waals surface area contributed by atoms with Gasteiger partial charge in [0.1, 0.15) is 22.4 Å². The number of aromatic nitrogens is 1. The van der Waals surface area contributed by atoms with E-state index in [0.717, 1.165) is 24.3 Å². The predicted octanol–water partition coefficient (Wildman–Crippen LogP) is 5.51. The second-order valence-corrected chi connectivity index (χ2v) is 8.42. The Morgan fingerprint density at radius 1 is 1.21 bits per heavy atom. The number of hydrogen-bond acceptors (Lipinski definition) is 4. The number of aromatic hydroxyl groups is 1. The van der Waals surface area contributed by atoms with Crippen molar-refractivity contribution in [2.75, 3.05) is 5.32 Å². The van der Waals surface area contributed by atoms with Gasteiger partial charge < -0.3 is 20.5 Å². The fourth-order valence-electron chi connectivity index (χ4n) is 4.49. The SMILES string of the molecule is CC[C@@H]1C[C@](O)(C(F)(F)F)[C@@H](Nc2ccc(F)c3[nH]c(=O)ccc23)c2cc(F)c(Cl)c(O)c21. The van der Waals surface area contributed by atoms with E-state index in [1.807, 2.05) is 0 Å². The molecule has 4 N–H and O–H groups in total. The quantitative estimate of drug-likeness (QED) is 0.366. The predicted molar refractivity (Wildman–Crippen MR) is 113 cm³/mol. The molecule has 0 amide bonds. The van der Waals surface area contributed by atoms with Crippen LogP contribution in [0.3, 0.4) is 0 Å². The molecule has 0 radical (unpaired) electrons. The highest BCUT2D eigenvalue weighted by atomic mass is 35.5. The average Bonchev–Trinajstić information content (AvgIpc) is 2.74. The van der Waals surface area contributed by atoms with Gasteiger partial charge in [-0.15, -0.1) is 0 Å². The number of phenolic OH excluding ortho intramolecular Hbond substituents is 1. The normalized spacial score (nSPS) is 22.9. The Morgan fingerprint density at radius 2 is 1.91 bits per heavy atom. The lowest BCUT2D eigenvalue weighted by atomic mass is 9.69. The number of anilines is 1. The molecule has 1 aliphatic carbocycles. The Hall–Kier alpha value is -2.85. The molecule has 1 heterocycles. The number of hydrogen-bond donors (Lipinski definition) is 4. The highest BCUT2D eigenvalue weighted by Crippen LogP contribution is 2.56. The molecular formula is C22H18ClF5N2O3. The minimum atomic E-state index is -5.15. The van der Waals surface area contributed by atoms with E-state index < -0.39 is 58.1 Å². The number of phenols is 1. The molecule has 1 aromatic heterocycles. The average molecular weight is 489 g/mol. The Kier molecular flexibility index (Phi) is 5.57. The Labute approximate surface area is 188 Å². The van der Waals surface area contributed by atoms with E-state index in [9.17, 15) is 37.0 Å². The summed E-state index contributed by atoms with van der Waals surface area (Å²) in [6.07, 6.45) is -5.87. The first kappa shape index (κ1) is 23.3. The molecule has 33 heavy (non-hydrogen) atoms. The molecule has 4 rings (SSSR count). The maximum absolute atomic E-state index is 14.4. The number of benzene rings is 2. The number of rotatable bonds is 3. The molecule has 0 saturated heterocycles. The molecule has 5 nitrogen and oxygen atoms in total. The lowest BCUT2D eigenvalue weighted by Crippen LogP contribution is -2.55. The molecule has 0 unspecified atom stereocenters. The number of H-pyrrole nitrogens is 1. The Bertz CT molecular complexity index is 1310. The lowest BCUT2D eigenvalue weighted by Gasteiger charge is -2.46. The van der Waals surface area contributed by atoms with Crippen molar-refractivity contribution in [3.05, 3.63) is 68.5 Å². The summed E-state index contributed by atoms with van der Waals surface area (Å²) in [6.45, 7) is 1.57. The van der Waals surface area contributed by atoms with Crippen LogP contribution in [0.5, 0.6) is 5.75 Å². The fourth-order valence-corrected chi connectivity index (χ4v) is 4.65. The van der Waals surface area contributed by atoms with E-state index in [0.29, 0.717) is 0 Å². The molecule has 11 heteroatoms. The van der Waals surface area contributed by atoms with Crippen molar-refractivity contribution in [2.45, 2.75) is 43.5 Å². The fraction of sp³-hybridized carbons (Fsp3) is 0.318. The number of aromatic amines is 1. The number of nitrogens with one attached hydrogen (secondary N) is 2. The van der Waals surface area contributed by atoms with Gasteiger partial charge in [0.15, 0.2) is 5.60 Å². The third kappa shape index (κ3) is 3.61. The van der Waals surface area contributed by atoms with Gasteiger partial charge in [0.2, 0.25) is 5.56 Å². The van der Waals surface area contributed by atoms with E-state index in [4.69, 9.17) is 11.6 Å². The summed E-state index contributed by atoms with van der Waals surface area (Å²) in [5, 5.41) is 23.4. The number of halogens is 6. The number of pyridine rings is 1. The van der Waals surface area contributed by atoms with Gasteiger partial charge in [0, 0.05) is 22.7 Å². The van der Waals surface area contributed by atoms with Crippen LogP contribution in [-0.4, -0.2) is 27.0 Å². The molecule has 0 saturated carbocycles. The van der Waals surface area contributed by atoms with Gasteiger partial charge >= 0.3 is 6.18 Å². The minimum absolute atomic E-state index is 0.00449. The zero-order valence-corrected chi connectivity index (χ0v) is 17.8. The van der Waals surface area contributed by atoms with Crippen LogP contribution in [0.2, 0.25) is 5.02 Å². The maximum atomic E-state index is 14.4. The van der Waals surface area contributed by atoms with Crippen molar-refractivity contribution in [1.82, 2.24) is 4.98 Å². The van der Waals surface area contributed by atoms with Crippen molar-refractivity contribution in [3.63, 3.8) is 0 Å². The van der Waals surface area contributed by atoms with E-state index in [1.165, 1.54) is 6.07 Å². The van der Waals surface area contributed by atoms with Crippen molar-refractivity contribution in [3.8, 4) is 5.75 Å². The summed E-state index contributed by atoms with van der Waals surface area (Å²) in [5.41, 5.74) is -4.62. The lowest BCUT2D eigenvalue weighted by molar-refractivity contribution is -0.272. The van der Waals surface area contributed by atoms with Gasteiger partial charge in [-0.3, -0.25) is 4.79 Å². The topological polar surface area (TPSA) is 85.4 Å². The summed E-state index contributed by atoms with van der Waals surface area (Å²) in [6, 6.07) is 3.13. The molecule has 0 spiro atoms. The summed E-state index contributed by atoms with van der Waals surface area (Å²) in [5.74, 6) is -3.63. The van der Waals surface area contributed by atoms with Crippen molar-refractivity contribution < 1.29 is 32.2 Å². The summed E-state index contributed by atoms with van der Waals surface area (Å²) in [7, 11) is 0. The van der Waals surface area contributed by atoms with E-state index in [1.54, 1.807) is 6.92 Å². The van der Waals surface area contributed by atoms with Gasteiger partial charge in [-0.05, 0) is 48.6 Å². The first-order valence-corrected chi connectivity index (χ1v) is 10.3. The van der Waals surface area contributed by atoms with Gasteiger partial charge in [-0.25, -0.2) is 8.78 Å². The van der Waals surface area contributed by atoms with Gasteiger partial charge in [0.25, 0.3) is 0 Å². The molecule has 0 bridgehead atoms. The molecule has 176 valence electrons. The highest BCUT2D eigenvalue weighted by molar-refractivity contribution is 6.32. The van der Waals surface area contributed by atoms with Crippen LogP contribution in [0.15, 0.2) is 35.1 Å². The third-order valence-corrected chi connectivity index (χ3v) is 6.51. The summed E-state index contributed by atoms with van der Waals surface area (Å²) >= 11 is 5.81. The van der Waals surface area contributed by atoms with E-state index in [-0.39, 0.29) is 34.1 Å². The van der Waals surface area contributed by atoms with Gasteiger partial charge in [0.05, 0.1) is 11.6 Å². The molecule has 2 aromatic carbocycles. The smallest absolute Gasteiger partial charge is 0.419 e. The standard InChI is InChI=1S/C22H18ClF5N2O3/c1-2-9-8-21(33,22(26,27)28)20(11-7-13(25)17(23)19(32)16(9)11)29-14-5-4-12(24)18-10(14)3-6-15(31)30-18/h3-7,9,20,29,32-33H,2,8H2,1H3,(H,30,31)/t9-,20+,21-/m1/s1. The minimum Gasteiger partial charge on any atom is -0.506 e. The van der Waals surface area contributed by atoms with Crippen molar-refractivity contribution >= 4 is 28.2 Å². The number of aliphatic hydroxyl groups is 1. The summed E-state index contributed by atoms with van der Waals surface area (Å²) < 4.78 is 71.3. The first-order valence-electron chi connectivity index (χ1n) is 9.97. The summed E-state index contributed by atoms with van der Waals surface area (Å²) in [4.78, 5) is 13.9. The molecule has 3 aromatic rings. The van der Waals surface area contributed by atoms with Crippen LogP contribution in [0.1, 0.15) is 42.9 Å². The van der Waals surface area contributed by atoms with Crippen molar-refractivity contribution in [1.29, 1.82) is 0 Å². The monoisotopic (exact) mass is 488 g/mol. The van der Waals surface area contributed by atoms with Crippen LogP contribution in [0.25, 0.3) is 10.9 Å². The Balaban J connectivity index is 1.98. The molecule has 0 aliphatic heterocycles. The van der Waals surface area contributed by atoms with Crippen LogP contribution in [-0.2, 0) is 0 Å². The second-order valence-electron chi connectivity index (χ2n) is 8.04. The zero-order chi connectivity index (χ0) is 24.3. The second kappa shape index (κ2) is 7.88. The van der Waals surface area contributed by atoms with E-state index in [2.05, 4.69) is 10.3 Å². The largest absolute Gasteiger partial charge is 0.506 e. The van der Waals surface area contributed by atoms with Crippen LogP contribution < -0.4 is 10.9 Å². The molecule has 1 aliphatic rings. The Morgan fingerprint density at radius 3 is 2.55 bits per heavy atom. The highest BCUT2D eigenvalue weighted by Gasteiger charge is 2.62. The molecular weight excluding hydrogens is 471 g/mol. The van der Waals surface area contributed by atoms with Crippen molar-refractivity contribution in [2.24, 2.45) is 0 Å². The van der Waals surface area contributed by atoms with Gasteiger partial charge in [-0.2, -0.15) is 13.2 Å². The number of fused-ring (bicyclic) bond motifs is 2. The maximum Gasteiger partial charge on any atom is 0.419 e.